The number of rotatable bonds is 5. The van der Waals surface area contributed by atoms with Gasteiger partial charge in [0.15, 0.2) is 0 Å². The van der Waals surface area contributed by atoms with Crippen LogP contribution in [-0.4, -0.2) is 31.0 Å². The fourth-order valence-electron chi connectivity index (χ4n) is 1.72. The lowest BCUT2D eigenvalue weighted by molar-refractivity contribution is 0.0764. The van der Waals surface area contributed by atoms with Crippen molar-refractivity contribution in [2.45, 2.75) is 20.3 Å². The Kier molecular flexibility index (Phi) is 4.82. The van der Waals surface area contributed by atoms with Gasteiger partial charge in [0.1, 0.15) is 5.75 Å². The Morgan fingerprint density at radius 2 is 2.06 bits per heavy atom. The first-order valence-corrected chi connectivity index (χ1v) is 5.86. The van der Waals surface area contributed by atoms with Crippen molar-refractivity contribution >= 4 is 11.6 Å². The van der Waals surface area contributed by atoms with Crippen LogP contribution in [0.4, 0.5) is 5.69 Å². The van der Waals surface area contributed by atoms with Gasteiger partial charge in [-0.25, -0.2) is 0 Å². The molecule has 0 saturated heterocycles. The quantitative estimate of drug-likeness (QED) is 0.797. The monoisotopic (exact) mass is 236 g/mol. The summed E-state index contributed by atoms with van der Waals surface area (Å²) in [6.07, 6.45) is 0.943. The average Bonchev–Trinajstić information content (AvgIpc) is 2.34. The molecule has 0 aromatic heterocycles. The van der Waals surface area contributed by atoms with E-state index in [0.717, 1.165) is 13.0 Å². The molecule has 1 aromatic carbocycles. The third kappa shape index (κ3) is 3.37. The van der Waals surface area contributed by atoms with E-state index in [2.05, 4.69) is 6.92 Å². The lowest BCUT2D eigenvalue weighted by atomic mass is 10.1. The van der Waals surface area contributed by atoms with Crippen LogP contribution in [0.3, 0.4) is 0 Å². The van der Waals surface area contributed by atoms with E-state index in [1.54, 1.807) is 30.2 Å². The van der Waals surface area contributed by atoms with E-state index in [4.69, 9.17) is 10.5 Å². The molecular formula is C13H20N2O2. The fraction of sp³-hybridized carbons (Fsp3) is 0.462. The van der Waals surface area contributed by atoms with Crippen LogP contribution in [0.5, 0.6) is 5.75 Å². The molecular weight excluding hydrogens is 216 g/mol. The zero-order valence-electron chi connectivity index (χ0n) is 10.7. The summed E-state index contributed by atoms with van der Waals surface area (Å²) in [5, 5.41) is 0. The number of nitrogen functional groups attached to an aromatic ring is 1. The number of benzene rings is 1. The molecule has 4 heteroatoms. The van der Waals surface area contributed by atoms with Crippen molar-refractivity contribution in [1.29, 1.82) is 0 Å². The number of amides is 1. The summed E-state index contributed by atoms with van der Waals surface area (Å²) >= 11 is 0. The highest BCUT2D eigenvalue weighted by Gasteiger charge is 2.14. The molecule has 0 heterocycles. The number of ether oxygens (including phenoxy) is 1. The Labute approximate surface area is 102 Å². The molecule has 0 aliphatic heterocycles. The second-order valence-electron chi connectivity index (χ2n) is 3.88. The van der Waals surface area contributed by atoms with Gasteiger partial charge in [-0.2, -0.15) is 0 Å². The number of carbonyl (C=O) groups excluding carboxylic acids is 1. The number of methoxy groups -OCH3 is 1. The lowest BCUT2D eigenvalue weighted by Crippen LogP contribution is -2.31. The molecule has 1 amide bonds. The molecule has 0 aliphatic carbocycles. The van der Waals surface area contributed by atoms with E-state index in [-0.39, 0.29) is 5.91 Å². The second kappa shape index (κ2) is 6.13. The lowest BCUT2D eigenvalue weighted by Gasteiger charge is -2.20. The van der Waals surface area contributed by atoms with Gasteiger partial charge < -0.3 is 15.4 Å². The van der Waals surface area contributed by atoms with Crippen molar-refractivity contribution in [3.8, 4) is 5.75 Å². The minimum absolute atomic E-state index is 0.0000463. The minimum atomic E-state index is -0.0000463. The molecule has 1 rings (SSSR count). The van der Waals surface area contributed by atoms with Crippen molar-refractivity contribution in [2.24, 2.45) is 0 Å². The Balaban J connectivity index is 2.97. The van der Waals surface area contributed by atoms with Crippen molar-refractivity contribution in [1.82, 2.24) is 4.90 Å². The molecule has 0 aliphatic rings. The number of carbonyl (C=O) groups is 1. The highest BCUT2D eigenvalue weighted by molar-refractivity contribution is 5.95. The Hall–Kier alpha value is -1.71. The summed E-state index contributed by atoms with van der Waals surface area (Å²) in [5.74, 6) is 0.612. The van der Waals surface area contributed by atoms with Gasteiger partial charge in [0.25, 0.3) is 5.91 Å². The molecule has 4 nitrogen and oxygen atoms in total. The maximum Gasteiger partial charge on any atom is 0.254 e. The van der Waals surface area contributed by atoms with Crippen molar-refractivity contribution in [2.75, 3.05) is 25.9 Å². The van der Waals surface area contributed by atoms with E-state index in [1.807, 2.05) is 6.92 Å². The van der Waals surface area contributed by atoms with Crippen LogP contribution < -0.4 is 10.5 Å². The molecule has 17 heavy (non-hydrogen) atoms. The van der Waals surface area contributed by atoms with Gasteiger partial charge in [0.05, 0.1) is 7.11 Å². The zero-order chi connectivity index (χ0) is 12.8. The van der Waals surface area contributed by atoms with E-state index >= 15 is 0 Å². The van der Waals surface area contributed by atoms with Crippen molar-refractivity contribution in [3.63, 3.8) is 0 Å². The number of nitrogens with zero attached hydrogens (tertiary/aromatic N) is 1. The predicted molar refractivity (Wildman–Crippen MR) is 69.3 cm³/mol. The SMILES string of the molecule is CCCN(CC)C(=O)c1cc(N)cc(OC)c1. The average molecular weight is 236 g/mol. The summed E-state index contributed by atoms with van der Waals surface area (Å²) in [6, 6.07) is 5.10. The van der Waals surface area contributed by atoms with Gasteiger partial charge in [0, 0.05) is 30.4 Å². The predicted octanol–water partition coefficient (Wildman–Crippen LogP) is 2.15. The number of hydrogen-bond donors (Lipinski definition) is 1. The first-order chi connectivity index (χ1) is 8.12. The molecule has 94 valence electrons. The summed E-state index contributed by atoms with van der Waals surface area (Å²) in [4.78, 5) is 14.0. The van der Waals surface area contributed by atoms with Crippen LogP contribution in [0.15, 0.2) is 18.2 Å². The number of hydrogen-bond acceptors (Lipinski definition) is 3. The second-order valence-corrected chi connectivity index (χ2v) is 3.88. The maximum absolute atomic E-state index is 12.2. The molecule has 0 atom stereocenters. The first-order valence-electron chi connectivity index (χ1n) is 5.86. The summed E-state index contributed by atoms with van der Waals surface area (Å²) in [5.41, 5.74) is 6.86. The maximum atomic E-state index is 12.2. The van der Waals surface area contributed by atoms with E-state index in [0.29, 0.717) is 23.5 Å². The van der Waals surface area contributed by atoms with Crippen LogP contribution in [0, 0.1) is 0 Å². The molecule has 0 fully saturated rings. The van der Waals surface area contributed by atoms with Crippen molar-refractivity contribution in [3.05, 3.63) is 23.8 Å². The molecule has 0 unspecified atom stereocenters. The first kappa shape index (κ1) is 13.4. The van der Waals surface area contributed by atoms with Gasteiger partial charge in [0.2, 0.25) is 0 Å². The Bertz CT molecular complexity index is 391. The standard InChI is InChI=1S/C13H20N2O2/c1-4-6-15(5-2)13(16)10-7-11(14)9-12(8-10)17-3/h7-9H,4-6,14H2,1-3H3. The molecule has 1 aromatic rings. The summed E-state index contributed by atoms with van der Waals surface area (Å²) in [7, 11) is 1.56. The highest BCUT2D eigenvalue weighted by atomic mass is 16.5. The van der Waals surface area contributed by atoms with Gasteiger partial charge in [-0.15, -0.1) is 0 Å². The molecule has 0 saturated carbocycles. The highest BCUT2D eigenvalue weighted by Crippen LogP contribution is 2.19. The van der Waals surface area contributed by atoms with Gasteiger partial charge in [-0.3, -0.25) is 4.79 Å². The van der Waals surface area contributed by atoms with Gasteiger partial charge >= 0.3 is 0 Å². The van der Waals surface area contributed by atoms with E-state index in [9.17, 15) is 4.79 Å². The van der Waals surface area contributed by atoms with E-state index < -0.39 is 0 Å². The smallest absolute Gasteiger partial charge is 0.254 e. The largest absolute Gasteiger partial charge is 0.497 e. The van der Waals surface area contributed by atoms with Crippen LogP contribution in [0.25, 0.3) is 0 Å². The van der Waals surface area contributed by atoms with Gasteiger partial charge in [-0.05, 0) is 25.5 Å². The van der Waals surface area contributed by atoms with Gasteiger partial charge in [-0.1, -0.05) is 6.92 Å². The van der Waals surface area contributed by atoms with Crippen LogP contribution >= 0.6 is 0 Å². The van der Waals surface area contributed by atoms with E-state index in [1.165, 1.54) is 0 Å². The molecule has 0 bridgehead atoms. The molecule has 2 N–H and O–H groups in total. The molecule has 0 spiro atoms. The molecule has 0 radical (unpaired) electrons. The van der Waals surface area contributed by atoms with Crippen LogP contribution in [0.2, 0.25) is 0 Å². The third-order valence-electron chi connectivity index (χ3n) is 2.57. The normalized spacial score (nSPS) is 10.1. The Morgan fingerprint density at radius 1 is 1.35 bits per heavy atom. The number of anilines is 1. The Morgan fingerprint density at radius 3 is 2.59 bits per heavy atom. The summed E-state index contributed by atoms with van der Waals surface area (Å²) < 4.78 is 5.11. The van der Waals surface area contributed by atoms with Crippen LogP contribution in [-0.2, 0) is 0 Å². The zero-order valence-corrected chi connectivity index (χ0v) is 10.7. The number of nitrogens with two attached hydrogens (primary N) is 1. The van der Waals surface area contributed by atoms with Crippen LogP contribution in [0.1, 0.15) is 30.6 Å². The summed E-state index contributed by atoms with van der Waals surface area (Å²) in [6.45, 7) is 5.48. The minimum Gasteiger partial charge on any atom is -0.497 e. The third-order valence-corrected chi connectivity index (χ3v) is 2.57. The van der Waals surface area contributed by atoms with Crippen molar-refractivity contribution < 1.29 is 9.53 Å². The topological polar surface area (TPSA) is 55.6 Å². The fourth-order valence-corrected chi connectivity index (χ4v) is 1.72.